The molecule has 0 saturated heterocycles. The third-order valence-corrected chi connectivity index (χ3v) is 2.27. The summed E-state index contributed by atoms with van der Waals surface area (Å²) in [5, 5.41) is 3.29. The van der Waals surface area contributed by atoms with E-state index in [4.69, 9.17) is 4.74 Å². The molecule has 0 aliphatic carbocycles. The zero-order chi connectivity index (χ0) is 13.7. The van der Waals surface area contributed by atoms with Crippen molar-refractivity contribution in [3.05, 3.63) is 0 Å². The van der Waals surface area contributed by atoms with Gasteiger partial charge in [-0.25, -0.2) is 0 Å². The molecule has 0 aliphatic heterocycles. The van der Waals surface area contributed by atoms with E-state index in [1.165, 1.54) is 0 Å². The number of carbonyl (C=O) groups is 2. The second-order valence-corrected chi connectivity index (χ2v) is 6.40. The molecule has 17 heavy (non-hydrogen) atoms. The quantitative estimate of drug-likeness (QED) is 0.724. The van der Waals surface area contributed by atoms with Crippen molar-refractivity contribution in [2.24, 2.45) is 5.41 Å². The van der Waals surface area contributed by atoms with Gasteiger partial charge in [0.1, 0.15) is 12.4 Å². The second-order valence-electron chi connectivity index (χ2n) is 6.40. The number of hydrogen-bond donors (Lipinski definition) is 1. The third kappa shape index (κ3) is 7.91. The smallest absolute Gasteiger partial charge is 0.293 e. The predicted octanol–water partition coefficient (Wildman–Crippen LogP) is 1.92. The van der Waals surface area contributed by atoms with Crippen LogP contribution in [0.3, 0.4) is 0 Å². The average Bonchev–Trinajstić information content (AvgIpc) is 2.10. The molecule has 0 aromatic carbocycles. The topological polar surface area (TPSA) is 55.4 Å². The molecule has 1 N–H and O–H groups in total. The fourth-order valence-corrected chi connectivity index (χ4v) is 1.45. The summed E-state index contributed by atoms with van der Waals surface area (Å²) in [4.78, 5) is 22.2. The molecule has 1 atom stereocenters. The van der Waals surface area contributed by atoms with Crippen molar-refractivity contribution in [1.82, 2.24) is 5.32 Å². The maximum atomic E-state index is 11.9. The van der Waals surface area contributed by atoms with Crippen LogP contribution in [-0.4, -0.2) is 30.4 Å². The average molecular weight is 243 g/mol. The lowest BCUT2D eigenvalue weighted by Gasteiger charge is -2.29. The fourth-order valence-electron chi connectivity index (χ4n) is 1.45. The van der Waals surface area contributed by atoms with Gasteiger partial charge < -0.3 is 10.1 Å². The van der Waals surface area contributed by atoms with E-state index in [-0.39, 0.29) is 29.4 Å². The first-order valence-corrected chi connectivity index (χ1v) is 5.92. The molecule has 0 rings (SSSR count). The molecule has 4 nitrogen and oxygen atoms in total. The van der Waals surface area contributed by atoms with Crippen LogP contribution < -0.4 is 5.32 Å². The van der Waals surface area contributed by atoms with Crippen LogP contribution in [0.1, 0.15) is 48.0 Å². The number of rotatable bonds is 6. The lowest BCUT2D eigenvalue weighted by atomic mass is 9.87. The van der Waals surface area contributed by atoms with Crippen LogP contribution >= 0.6 is 0 Å². The van der Waals surface area contributed by atoms with Crippen LogP contribution in [0.15, 0.2) is 0 Å². The first kappa shape index (κ1) is 16.1. The van der Waals surface area contributed by atoms with Gasteiger partial charge in [0.05, 0.1) is 0 Å². The minimum absolute atomic E-state index is 0.116. The zero-order valence-corrected chi connectivity index (χ0v) is 11.8. The zero-order valence-electron chi connectivity index (χ0n) is 11.8. The maximum Gasteiger partial charge on any atom is 0.293 e. The minimum Gasteiger partial charge on any atom is -0.466 e. The highest BCUT2D eigenvalue weighted by Gasteiger charge is 2.26. The largest absolute Gasteiger partial charge is 0.466 e. The van der Waals surface area contributed by atoms with E-state index < -0.39 is 0 Å². The molecule has 0 aromatic rings. The lowest BCUT2D eigenvalue weighted by molar-refractivity contribution is -0.132. The van der Waals surface area contributed by atoms with Crippen molar-refractivity contribution >= 4 is 12.3 Å². The Balaban J connectivity index is 4.48. The summed E-state index contributed by atoms with van der Waals surface area (Å²) in [5.74, 6) is 0.161. The van der Waals surface area contributed by atoms with Crippen LogP contribution in [0.25, 0.3) is 0 Å². The van der Waals surface area contributed by atoms with E-state index in [2.05, 4.69) is 5.32 Å². The number of carbonyl (C=O) groups excluding carboxylic acids is 2. The fraction of sp³-hybridized carbons (Fsp3) is 0.846. The van der Waals surface area contributed by atoms with Gasteiger partial charge in [-0.2, -0.15) is 0 Å². The Labute approximate surface area is 104 Å². The molecule has 0 amide bonds. The Morgan fingerprint density at radius 1 is 1.24 bits per heavy atom. The number of ether oxygens (including phenoxy) is 1. The maximum absolute atomic E-state index is 11.9. The van der Waals surface area contributed by atoms with Gasteiger partial charge in [-0.15, -0.1) is 0 Å². The molecule has 0 fully saturated rings. The second kappa shape index (κ2) is 6.15. The van der Waals surface area contributed by atoms with Crippen LogP contribution in [0.2, 0.25) is 0 Å². The van der Waals surface area contributed by atoms with Crippen molar-refractivity contribution in [3.8, 4) is 0 Å². The molecular weight excluding hydrogens is 218 g/mol. The van der Waals surface area contributed by atoms with Crippen molar-refractivity contribution in [3.63, 3.8) is 0 Å². The molecule has 1 unspecified atom stereocenters. The van der Waals surface area contributed by atoms with E-state index in [9.17, 15) is 9.59 Å². The summed E-state index contributed by atoms with van der Waals surface area (Å²) >= 11 is 0. The molecule has 0 bridgehead atoms. The van der Waals surface area contributed by atoms with Crippen molar-refractivity contribution < 1.29 is 14.3 Å². The highest BCUT2D eigenvalue weighted by molar-refractivity contribution is 5.84. The lowest BCUT2D eigenvalue weighted by Crippen LogP contribution is -2.47. The van der Waals surface area contributed by atoms with E-state index in [1.54, 1.807) is 0 Å². The molecule has 0 aromatic heterocycles. The van der Waals surface area contributed by atoms with Gasteiger partial charge in [0.25, 0.3) is 6.47 Å². The van der Waals surface area contributed by atoms with Crippen LogP contribution in [0.5, 0.6) is 0 Å². The monoisotopic (exact) mass is 243 g/mol. The van der Waals surface area contributed by atoms with Gasteiger partial charge in [0, 0.05) is 23.4 Å². The molecule has 0 heterocycles. The Bertz CT molecular complexity index is 261. The molecule has 0 spiro atoms. The summed E-state index contributed by atoms with van der Waals surface area (Å²) < 4.78 is 4.76. The number of nitrogens with one attached hydrogen (secondary N) is 1. The minimum atomic E-state index is -0.362. The SMILES string of the molecule is CC(C)(C)NC(COC=O)CC(=O)C(C)(C)C. The van der Waals surface area contributed by atoms with E-state index >= 15 is 0 Å². The van der Waals surface area contributed by atoms with Gasteiger partial charge >= 0.3 is 0 Å². The number of ketones is 1. The molecule has 100 valence electrons. The molecule has 0 radical (unpaired) electrons. The van der Waals surface area contributed by atoms with E-state index in [0.29, 0.717) is 12.9 Å². The Morgan fingerprint density at radius 3 is 2.12 bits per heavy atom. The molecular formula is C13H25NO3. The van der Waals surface area contributed by atoms with Crippen molar-refractivity contribution in [2.45, 2.75) is 59.5 Å². The van der Waals surface area contributed by atoms with E-state index in [0.717, 1.165) is 0 Å². The van der Waals surface area contributed by atoms with E-state index in [1.807, 2.05) is 41.5 Å². The highest BCUT2D eigenvalue weighted by Crippen LogP contribution is 2.18. The third-order valence-electron chi connectivity index (χ3n) is 2.27. The van der Waals surface area contributed by atoms with Gasteiger partial charge in [-0.1, -0.05) is 20.8 Å². The first-order chi connectivity index (χ1) is 7.56. The first-order valence-electron chi connectivity index (χ1n) is 5.92. The van der Waals surface area contributed by atoms with Gasteiger partial charge in [-0.3, -0.25) is 9.59 Å². The summed E-state index contributed by atoms with van der Waals surface area (Å²) in [7, 11) is 0. The van der Waals surface area contributed by atoms with Crippen molar-refractivity contribution in [2.75, 3.05) is 6.61 Å². The van der Waals surface area contributed by atoms with Gasteiger partial charge in [-0.05, 0) is 20.8 Å². The number of hydrogen-bond acceptors (Lipinski definition) is 4. The van der Waals surface area contributed by atoms with Gasteiger partial charge in [0.15, 0.2) is 0 Å². The summed E-state index contributed by atoms with van der Waals surface area (Å²) in [6.07, 6.45) is 0.370. The summed E-state index contributed by atoms with van der Waals surface area (Å²) in [6.45, 7) is 12.4. The Morgan fingerprint density at radius 2 is 1.76 bits per heavy atom. The van der Waals surface area contributed by atoms with Crippen LogP contribution in [0.4, 0.5) is 0 Å². The molecule has 4 heteroatoms. The predicted molar refractivity (Wildman–Crippen MR) is 67.8 cm³/mol. The Hall–Kier alpha value is -0.900. The summed E-state index contributed by atoms with van der Waals surface area (Å²) in [5.41, 5.74) is -0.478. The highest BCUT2D eigenvalue weighted by atomic mass is 16.5. The normalized spacial score (nSPS) is 14.2. The standard InChI is InChI=1S/C13H25NO3/c1-12(2,3)11(16)7-10(8-17-9-15)14-13(4,5)6/h9-10,14H,7-8H2,1-6H3. The molecule has 0 aliphatic rings. The number of Topliss-reactive ketones (excluding diaryl/α,β-unsaturated/α-hetero) is 1. The van der Waals surface area contributed by atoms with Gasteiger partial charge in [0.2, 0.25) is 0 Å². The Kier molecular flexibility index (Phi) is 5.82. The molecule has 0 saturated carbocycles. The van der Waals surface area contributed by atoms with Crippen LogP contribution in [0, 0.1) is 5.41 Å². The summed E-state index contributed by atoms with van der Waals surface area (Å²) in [6, 6.07) is -0.132. The van der Waals surface area contributed by atoms with Crippen molar-refractivity contribution in [1.29, 1.82) is 0 Å². The van der Waals surface area contributed by atoms with Crippen LogP contribution in [-0.2, 0) is 14.3 Å².